The SMILES string of the molecule is Cc1noc([C@]23CCC[C@H]2CN(c2nnnn2C)C3)n1. The molecule has 8 nitrogen and oxygen atoms in total. The molecule has 8 heteroatoms. The molecule has 2 atom stereocenters. The van der Waals surface area contributed by atoms with Gasteiger partial charge in [0.05, 0.1) is 5.41 Å². The number of anilines is 1. The number of tetrazole rings is 1. The molecule has 0 unspecified atom stereocenters. The second-order valence-corrected chi connectivity index (χ2v) is 5.88. The summed E-state index contributed by atoms with van der Waals surface area (Å²) >= 11 is 0. The predicted molar refractivity (Wildman–Crippen MR) is 69.1 cm³/mol. The number of hydrogen-bond donors (Lipinski definition) is 0. The van der Waals surface area contributed by atoms with E-state index in [-0.39, 0.29) is 5.41 Å². The molecule has 20 heavy (non-hydrogen) atoms. The van der Waals surface area contributed by atoms with Crippen LogP contribution in [0, 0.1) is 12.8 Å². The molecule has 2 aliphatic rings. The Morgan fingerprint density at radius 3 is 3.00 bits per heavy atom. The summed E-state index contributed by atoms with van der Waals surface area (Å²) in [6, 6.07) is 0. The van der Waals surface area contributed by atoms with Crippen molar-refractivity contribution >= 4 is 5.95 Å². The maximum Gasteiger partial charge on any atom is 0.245 e. The largest absolute Gasteiger partial charge is 0.339 e. The van der Waals surface area contributed by atoms with E-state index in [1.165, 1.54) is 12.8 Å². The smallest absolute Gasteiger partial charge is 0.245 e. The van der Waals surface area contributed by atoms with E-state index < -0.39 is 0 Å². The van der Waals surface area contributed by atoms with Crippen LogP contribution in [0.2, 0.25) is 0 Å². The number of aromatic nitrogens is 6. The lowest BCUT2D eigenvalue weighted by molar-refractivity contribution is 0.265. The van der Waals surface area contributed by atoms with Crippen molar-refractivity contribution in [3.05, 3.63) is 11.7 Å². The van der Waals surface area contributed by atoms with E-state index in [1.807, 2.05) is 14.0 Å². The lowest BCUT2D eigenvalue weighted by Gasteiger charge is -2.24. The van der Waals surface area contributed by atoms with Crippen LogP contribution in [-0.2, 0) is 12.5 Å². The zero-order chi connectivity index (χ0) is 13.7. The summed E-state index contributed by atoms with van der Waals surface area (Å²) in [5.74, 6) is 2.85. The summed E-state index contributed by atoms with van der Waals surface area (Å²) < 4.78 is 7.22. The third-order valence-corrected chi connectivity index (χ3v) is 4.70. The van der Waals surface area contributed by atoms with Crippen LogP contribution in [0.3, 0.4) is 0 Å². The van der Waals surface area contributed by atoms with Gasteiger partial charge < -0.3 is 9.42 Å². The lowest BCUT2D eigenvalue weighted by atomic mass is 9.80. The molecule has 2 aromatic rings. The molecule has 0 spiro atoms. The van der Waals surface area contributed by atoms with Crippen LogP contribution in [0.5, 0.6) is 0 Å². The Hall–Kier alpha value is -1.99. The molecule has 1 saturated carbocycles. The van der Waals surface area contributed by atoms with Crippen LogP contribution in [0.1, 0.15) is 31.0 Å². The van der Waals surface area contributed by atoms with Crippen molar-refractivity contribution < 1.29 is 4.52 Å². The van der Waals surface area contributed by atoms with Crippen molar-refractivity contribution in [3.8, 4) is 0 Å². The predicted octanol–water partition coefficient (Wildman–Crippen LogP) is 0.460. The normalized spacial score (nSPS) is 29.1. The molecule has 0 bridgehead atoms. The summed E-state index contributed by atoms with van der Waals surface area (Å²) in [6.45, 7) is 3.68. The van der Waals surface area contributed by atoms with Crippen LogP contribution < -0.4 is 4.90 Å². The molecule has 0 amide bonds. The summed E-state index contributed by atoms with van der Waals surface area (Å²) in [5.41, 5.74) is -0.0206. The van der Waals surface area contributed by atoms with Gasteiger partial charge in [0.1, 0.15) is 0 Å². The minimum atomic E-state index is -0.0206. The van der Waals surface area contributed by atoms with Gasteiger partial charge in [0.15, 0.2) is 5.82 Å². The summed E-state index contributed by atoms with van der Waals surface area (Å²) in [6.07, 6.45) is 3.52. The standard InChI is InChI=1S/C12H17N7O/c1-8-13-10(20-15-8)12-5-3-4-9(12)6-19(7-12)11-14-16-17-18(11)2/h9H,3-7H2,1-2H3/t9-,12-/m0/s1. The summed E-state index contributed by atoms with van der Waals surface area (Å²) in [4.78, 5) is 6.74. The van der Waals surface area contributed by atoms with Gasteiger partial charge in [-0.3, -0.25) is 0 Å². The molecule has 1 saturated heterocycles. The highest BCUT2D eigenvalue weighted by Crippen LogP contribution is 2.50. The van der Waals surface area contributed by atoms with Crippen LogP contribution in [0.15, 0.2) is 4.52 Å². The fraction of sp³-hybridized carbons (Fsp3) is 0.750. The van der Waals surface area contributed by atoms with Gasteiger partial charge in [0, 0.05) is 20.1 Å². The third kappa shape index (κ3) is 1.50. The van der Waals surface area contributed by atoms with E-state index in [4.69, 9.17) is 4.52 Å². The summed E-state index contributed by atoms with van der Waals surface area (Å²) in [7, 11) is 1.87. The highest BCUT2D eigenvalue weighted by molar-refractivity contribution is 5.36. The van der Waals surface area contributed by atoms with E-state index in [0.717, 1.165) is 31.3 Å². The van der Waals surface area contributed by atoms with Crippen molar-refractivity contribution in [3.63, 3.8) is 0 Å². The highest BCUT2D eigenvalue weighted by Gasteiger charge is 2.54. The Morgan fingerprint density at radius 1 is 1.40 bits per heavy atom. The minimum Gasteiger partial charge on any atom is -0.339 e. The van der Waals surface area contributed by atoms with Crippen LogP contribution in [0.25, 0.3) is 0 Å². The van der Waals surface area contributed by atoms with E-state index in [1.54, 1.807) is 4.68 Å². The first-order valence-corrected chi connectivity index (χ1v) is 6.97. The highest BCUT2D eigenvalue weighted by atomic mass is 16.5. The molecule has 4 rings (SSSR count). The molecule has 0 radical (unpaired) electrons. The van der Waals surface area contributed by atoms with Gasteiger partial charge in [-0.25, -0.2) is 4.68 Å². The Balaban J connectivity index is 1.71. The van der Waals surface area contributed by atoms with Gasteiger partial charge >= 0.3 is 0 Å². The maximum absolute atomic E-state index is 5.50. The average molecular weight is 275 g/mol. The van der Waals surface area contributed by atoms with E-state index in [2.05, 4.69) is 30.6 Å². The molecule has 1 aliphatic heterocycles. The summed E-state index contributed by atoms with van der Waals surface area (Å²) in [5, 5.41) is 15.7. The minimum absolute atomic E-state index is 0.0206. The zero-order valence-electron chi connectivity index (χ0n) is 11.7. The van der Waals surface area contributed by atoms with E-state index >= 15 is 0 Å². The molecule has 2 fully saturated rings. The van der Waals surface area contributed by atoms with Gasteiger partial charge in [0.2, 0.25) is 11.8 Å². The number of rotatable bonds is 2. The number of nitrogens with zero attached hydrogens (tertiary/aromatic N) is 7. The molecular formula is C12H17N7O. The van der Waals surface area contributed by atoms with Gasteiger partial charge in [-0.05, 0) is 36.1 Å². The topological polar surface area (TPSA) is 85.8 Å². The first-order valence-electron chi connectivity index (χ1n) is 6.97. The molecule has 0 aromatic carbocycles. The molecule has 3 heterocycles. The van der Waals surface area contributed by atoms with Gasteiger partial charge in [0.25, 0.3) is 0 Å². The first kappa shape index (κ1) is 11.8. The molecule has 1 aliphatic carbocycles. The van der Waals surface area contributed by atoms with Crippen molar-refractivity contribution in [2.45, 2.75) is 31.6 Å². The van der Waals surface area contributed by atoms with Crippen LogP contribution in [-0.4, -0.2) is 43.4 Å². The molecule has 106 valence electrons. The van der Waals surface area contributed by atoms with Crippen molar-refractivity contribution in [1.82, 2.24) is 30.3 Å². The molecular weight excluding hydrogens is 258 g/mol. The Bertz CT molecular complexity index is 635. The second-order valence-electron chi connectivity index (χ2n) is 5.88. The number of fused-ring (bicyclic) bond motifs is 1. The Labute approximate surface area is 116 Å². The van der Waals surface area contributed by atoms with Crippen molar-refractivity contribution in [2.75, 3.05) is 18.0 Å². The van der Waals surface area contributed by atoms with Crippen LogP contribution in [0.4, 0.5) is 5.95 Å². The monoisotopic (exact) mass is 275 g/mol. The van der Waals surface area contributed by atoms with E-state index in [9.17, 15) is 0 Å². The molecule has 2 aromatic heterocycles. The van der Waals surface area contributed by atoms with Crippen molar-refractivity contribution in [2.24, 2.45) is 13.0 Å². The fourth-order valence-electron chi connectivity index (χ4n) is 3.78. The molecule has 0 N–H and O–H groups in total. The Kier molecular flexibility index (Phi) is 2.36. The average Bonchev–Trinajstić information content (AvgIpc) is 3.10. The van der Waals surface area contributed by atoms with Crippen LogP contribution >= 0.6 is 0 Å². The quantitative estimate of drug-likeness (QED) is 0.787. The van der Waals surface area contributed by atoms with Gasteiger partial charge in [-0.15, -0.1) is 0 Å². The maximum atomic E-state index is 5.50. The van der Waals surface area contributed by atoms with Gasteiger partial charge in [-0.2, -0.15) is 4.98 Å². The first-order chi connectivity index (χ1) is 9.69. The third-order valence-electron chi connectivity index (χ3n) is 4.70. The fourth-order valence-corrected chi connectivity index (χ4v) is 3.78. The van der Waals surface area contributed by atoms with Crippen molar-refractivity contribution in [1.29, 1.82) is 0 Å². The zero-order valence-corrected chi connectivity index (χ0v) is 11.7. The lowest BCUT2D eigenvalue weighted by Crippen LogP contribution is -2.33. The van der Waals surface area contributed by atoms with E-state index in [0.29, 0.717) is 11.7 Å². The second kappa shape index (κ2) is 4.00. The Morgan fingerprint density at radius 2 is 2.30 bits per heavy atom. The van der Waals surface area contributed by atoms with Gasteiger partial charge in [-0.1, -0.05) is 16.7 Å². The number of aryl methyl sites for hydroxylation is 2. The number of hydrogen-bond acceptors (Lipinski definition) is 7.